The molecule has 3 heterocycles. The molecule has 0 bridgehead atoms. The third-order valence-electron chi connectivity index (χ3n) is 10.6. The number of carbonyl (C=O) groups excluding carboxylic acids is 5. The van der Waals surface area contributed by atoms with E-state index >= 15 is 0 Å². The minimum atomic E-state index is -2.52. The number of esters is 3. The van der Waals surface area contributed by atoms with Crippen molar-refractivity contribution in [2.45, 2.75) is 97.8 Å². The van der Waals surface area contributed by atoms with Crippen molar-refractivity contribution >= 4 is 75.2 Å². The lowest BCUT2D eigenvalue weighted by Crippen LogP contribution is -2.70. The third kappa shape index (κ3) is 11.4. The van der Waals surface area contributed by atoms with Gasteiger partial charge in [0.2, 0.25) is 0 Å². The van der Waals surface area contributed by atoms with Gasteiger partial charge in [-0.3, -0.25) is 9.59 Å². The number of rotatable bonds is 14. The number of ether oxygens (including phenoxy) is 9. The summed E-state index contributed by atoms with van der Waals surface area (Å²) in [5.41, 5.74) is 1.39. The normalized spacial score (nSPS) is 28.0. The van der Waals surface area contributed by atoms with Gasteiger partial charge in [0.15, 0.2) is 37.2 Å². The van der Waals surface area contributed by atoms with E-state index in [9.17, 15) is 29.1 Å². The number of Topliss-reactive ketones (excluding diaryl/α,β-unsaturated/α-hetero) is 1. The van der Waals surface area contributed by atoms with E-state index in [-0.39, 0.29) is 31.0 Å². The molecule has 11 atom stereocenters. The van der Waals surface area contributed by atoms with E-state index in [2.05, 4.69) is 5.32 Å². The molecule has 19 heteroatoms. The number of nitrogens with one attached hydrogen (secondary N) is 1. The Balaban J connectivity index is 1.28. The molecule has 2 N–H and O–H groups in total. The Labute approximate surface area is 382 Å². The number of hydrogen-bond acceptors (Lipinski definition) is 15. The Hall–Kier alpha value is -4.72. The van der Waals surface area contributed by atoms with E-state index in [0.717, 1.165) is 23.4 Å². The van der Waals surface area contributed by atoms with Gasteiger partial charge in [0.05, 0.1) is 32.3 Å². The first kappa shape index (κ1) is 47.2. The van der Waals surface area contributed by atoms with Crippen LogP contribution in [0.25, 0.3) is 10.8 Å². The Bertz CT molecular complexity index is 2280. The number of halogens is 3. The van der Waals surface area contributed by atoms with Crippen LogP contribution in [0, 0.1) is 0 Å². The van der Waals surface area contributed by atoms with Crippen LogP contribution >= 0.6 is 34.8 Å². The molecular weight excluding hydrogens is 901 g/mol. The van der Waals surface area contributed by atoms with E-state index < -0.39 is 102 Å². The molecule has 0 radical (unpaired) electrons. The predicted octanol–water partition coefficient (Wildman–Crippen LogP) is 5.20. The molecule has 4 aromatic carbocycles. The Morgan fingerprint density at radius 2 is 1.47 bits per heavy atom. The SMILES string of the molecule is COC(=O)[C@H]1O[C@@H](O[C@@H]2[C@@H](NC(=O)C(Cl)(Cl)Cl)[C@H](OCc3ccc4ccccc4c3)O[C@@H]3COC(c4ccccc4)O[C@@H]23)[C@H](OC(=O)c2ccccc2)[C@@H](O)[C@@H]1OC(=O)CCC(C)=O. The lowest BCUT2D eigenvalue weighted by atomic mass is 9.94. The van der Waals surface area contributed by atoms with E-state index in [1.807, 2.05) is 42.5 Å². The van der Waals surface area contributed by atoms with E-state index in [1.54, 1.807) is 48.5 Å². The van der Waals surface area contributed by atoms with Gasteiger partial charge >= 0.3 is 17.9 Å². The molecule has 64 heavy (non-hydrogen) atoms. The first-order chi connectivity index (χ1) is 30.7. The highest BCUT2D eigenvalue weighted by Gasteiger charge is 2.58. The van der Waals surface area contributed by atoms with Gasteiger partial charge in [-0.05, 0) is 41.5 Å². The summed E-state index contributed by atoms with van der Waals surface area (Å²) in [4.78, 5) is 65.4. The van der Waals surface area contributed by atoms with Crippen molar-refractivity contribution in [1.82, 2.24) is 5.32 Å². The van der Waals surface area contributed by atoms with Crippen molar-refractivity contribution in [1.29, 1.82) is 0 Å². The third-order valence-corrected chi connectivity index (χ3v) is 11.2. The average Bonchev–Trinajstić information content (AvgIpc) is 3.29. The van der Waals surface area contributed by atoms with Gasteiger partial charge in [-0.1, -0.05) is 120 Å². The average molecular weight is 945 g/mol. The van der Waals surface area contributed by atoms with Gasteiger partial charge in [-0.25, -0.2) is 9.59 Å². The van der Waals surface area contributed by atoms with Gasteiger partial charge in [0.25, 0.3) is 9.70 Å². The second-order valence-electron chi connectivity index (χ2n) is 15.1. The van der Waals surface area contributed by atoms with Gasteiger partial charge in [-0.2, -0.15) is 0 Å². The monoisotopic (exact) mass is 943 g/mol. The Morgan fingerprint density at radius 1 is 0.781 bits per heavy atom. The van der Waals surface area contributed by atoms with Crippen molar-refractivity contribution in [3.05, 3.63) is 120 Å². The zero-order valence-electron chi connectivity index (χ0n) is 34.3. The molecular formula is C45H44Cl3NO15. The molecule has 7 rings (SSSR count). The fraction of sp³-hybridized carbons (Fsp3) is 0.400. The van der Waals surface area contributed by atoms with Crippen LogP contribution in [-0.2, 0) is 68.4 Å². The van der Waals surface area contributed by atoms with Crippen LogP contribution in [0.4, 0.5) is 0 Å². The first-order valence-electron chi connectivity index (χ1n) is 20.2. The van der Waals surface area contributed by atoms with Crippen LogP contribution in [0.5, 0.6) is 0 Å². The summed E-state index contributed by atoms with van der Waals surface area (Å²) in [6.07, 6.45) is -16.2. The number of ketones is 1. The molecule has 3 fully saturated rings. The number of methoxy groups -OCH3 is 1. The molecule has 1 unspecified atom stereocenters. The highest BCUT2D eigenvalue weighted by atomic mass is 35.6. The number of alkyl halides is 3. The summed E-state index contributed by atoms with van der Waals surface area (Å²) in [5.74, 6) is -4.49. The minimum Gasteiger partial charge on any atom is -0.467 e. The quantitative estimate of drug-likeness (QED) is 0.0949. The highest BCUT2D eigenvalue weighted by Crippen LogP contribution is 2.39. The van der Waals surface area contributed by atoms with E-state index in [0.29, 0.717) is 5.56 Å². The van der Waals surface area contributed by atoms with Gasteiger partial charge in [-0.15, -0.1) is 0 Å². The molecule has 0 aliphatic carbocycles. The number of aliphatic hydroxyl groups excluding tert-OH is 1. The molecule has 0 spiro atoms. The van der Waals surface area contributed by atoms with E-state index in [1.165, 1.54) is 19.1 Å². The van der Waals surface area contributed by atoms with Crippen molar-refractivity contribution in [3.8, 4) is 0 Å². The van der Waals surface area contributed by atoms with Gasteiger partial charge in [0, 0.05) is 12.0 Å². The maximum absolute atomic E-state index is 13.7. The van der Waals surface area contributed by atoms with Gasteiger partial charge < -0.3 is 57.8 Å². The predicted molar refractivity (Wildman–Crippen MR) is 227 cm³/mol. The number of fused-ring (bicyclic) bond motifs is 2. The largest absolute Gasteiger partial charge is 0.467 e. The molecule has 3 saturated heterocycles. The number of amides is 1. The summed E-state index contributed by atoms with van der Waals surface area (Å²) < 4.78 is 52.2. The Kier molecular flexibility index (Phi) is 15.5. The lowest BCUT2D eigenvalue weighted by Gasteiger charge is -2.51. The Morgan fingerprint density at radius 3 is 2.16 bits per heavy atom. The van der Waals surface area contributed by atoms with Crippen LogP contribution in [0.2, 0.25) is 0 Å². The molecule has 4 aromatic rings. The van der Waals surface area contributed by atoms with Crippen LogP contribution in [0.15, 0.2) is 103 Å². The van der Waals surface area contributed by atoms with Crippen molar-refractivity contribution in [2.24, 2.45) is 0 Å². The molecule has 340 valence electrons. The van der Waals surface area contributed by atoms with Gasteiger partial charge in [0.1, 0.15) is 36.2 Å². The second-order valence-corrected chi connectivity index (χ2v) is 17.4. The fourth-order valence-electron chi connectivity index (χ4n) is 7.46. The van der Waals surface area contributed by atoms with Crippen LogP contribution < -0.4 is 5.32 Å². The number of benzene rings is 4. The first-order valence-corrected chi connectivity index (χ1v) is 21.3. The second kappa shape index (κ2) is 21.1. The number of hydrogen-bond donors (Lipinski definition) is 2. The van der Waals surface area contributed by atoms with Crippen molar-refractivity contribution in [3.63, 3.8) is 0 Å². The summed E-state index contributed by atoms with van der Waals surface area (Å²) in [6, 6.07) is 28.6. The standard InChI is InChI=1S/C45H44Cl3NO15/c1-24(50)17-20-31(51)60-36-33(52)37(61-39(53)27-12-5-3-6-13-27)43(64-38(36)40(54)56-2)63-35-32(49-44(55)45(46,47)48)42(57-22-25-18-19-26-11-9-10-16-29(26)21-25)59-30-23-58-41(62-34(30)35)28-14-7-4-8-15-28/h3-16,18-19,21,30,32-38,41-43,52H,17,20,22-23H2,1-2H3,(H,49,55)/t30-,32-,33+,34-,35-,36+,37-,38+,41?,42-,43-/m1/s1. The summed E-state index contributed by atoms with van der Waals surface area (Å²) in [5, 5.41) is 16.6. The molecule has 16 nitrogen and oxygen atoms in total. The number of aliphatic hydroxyl groups is 1. The number of carbonyl (C=O) groups is 5. The summed E-state index contributed by atoms with van der Waals surface area (Å²) >= 11 is 18.3. The van der Waals surface area contributed by atoms with E-state index in [4.69, 9.17) is 77.4 Å². The molecule has 0 saturated carbocycles. The molecule has 3 aliphatic heterocycles. The topological polar surface area (TPSA) is 201 Å². The van der Waals surface area contributed by atoms with Crippen molar-refractivity contribution < 1.29 is 71.7 Å². The summed E-state index contributed by atoms with van der Waals surface area (Å²) in [6.45, 7) is 1.11. The zero-order chi connectivity index (χ0) is 45.5. The lowest BCUT2D eigenvalue weighted by molar-refractivity contribution is -0.376. The van der Waals surface area contributed by atoms with Crippen LogP contribution in [-0.4, -0.2) is 114 Å². The summed E-state index contributed by atoms with van der Waals surface area (Å²) in [7, 11) is 1.03. The zero-order valence-corrected chi connectivity index (χ0v) is 36.6. The smallest absolute Gasteiger partial charge is 0.339 e. The maximum atomic E-state index is 13.7. The van der Waals surface area contributed by atoms with Crippen molar-refractivity contribution in [2.75, 3.05) is 13.7 Å². The highest BCUT2D eigenvalue weighted by molar-refractivity contribution is 6.76. The molecule has 0 aromatic heterocycles. The maximum Gasteiger partial charge on any atom is 0.339 e. The molecule has 3 aliphatic rings. The fourth-order valence-corrected chi connectivity index (χ4v) is 7.62. The van der Waals surface area contributed by atoms with Crippen LogP contribution in [0.1, 0.15) is 47.5 Å². The minimum absolute atomic E-state index is 0.0538. The molecule has 1 amide bonds. The van der Waals surface area contributed by atoms with Crippen LogP contribution in [0.3, 0.4) is 0 Å².